The van der Waals surface area contributed by atoms with E-state index in [0.29, 0.717) is 38.0 Å². The van der Waals surface area contributed by atoms with Crippen LogP contribution < -0.4 is 10.6 Å². The summed E-state index contributed by atoms with van der Waals surface area (Å²) < 4.78 is 0. The minimum Gasteiger partial charge on any atom is -0.345 e. The number of carbonyl (C=O) groups is 3. The van der Waals surface area contributed by atoms with Crippen molar-refractivity contribution in [1.82, 2.24) is 15.2 Å². The SMILES string of the molecule is C=CCN(N=O)C(=O)N(CCCCC(NC(C)=O)C(=O)Nc1ccccc1)Cc1ccccc1. The van der Waals surface area contributed by atoms with Gasteiger partial charge in [0.15, 0.2) is 0 Å². The van der Waals surface area contributed by atoms with Crippen LogP contribution in [0.15, 0.2) is 78.6 Å². The molecule has 4 amide bonds. The third-order valence-corrected chi connectivity index (χ3v) is 5.01. The largest absolute Gasteiger partial charge is 0.345 e. The van der Waals surface area contributed by atoms with Gasteiger partial charge < -0.3 is 15.5 Å². The minimum atomic E-state index is -0.704. The molecule has 2 N–H and O–H groups in total. The molecule has 2 rings (SSSR count). The Hall–Kier alpha value is -4.01. The molecule has 0 saturated carbocycles. The molecule has 9 heteroatoms. The number of unbranched alkanes of at least 4 members (excludes halogenated alkanes) is 1. The Morgan fingerprint density at radius 3 is 2.26 bits per heavy atom. The summed E-state index contributed by atoms with van der Waals surface area (Å²) in [6, 6.07) is 17.2. The van der Waals surface area contributed by atoms with Crippen LogP contribution in [0.25, 0.3) is 0 Å². The van der Waals surface area contributed by atoms with Crippen LogP contribution in [0.3, 0.4) is 0 Å². The smallest absolute Gasteiger partial charge is 0.343 e. The first-order valence-electron chi connectivity index (χ1n) is 11.1. The number of para-hydroxylation sites is 1. The van der Waals surface area contributed by atoms with Gasteiger partial charge in [-0.05, 0) is 37.0 Å². The molecule has 2 aromatic rings. The highest BCUT2D eigenvalue weighted by atomic mass is 16.3. The molecule has 0 spiro atoms. The molecule has 0 radical (unpaired) electrons. The highest BCUT2D eigenvalue weighted by Gasteiger charge is 2.23. The summed E-state index contributed by atoms with van der Waals surface area (Å²) in [5, 5.41) is 9.13. The third kappa shape index (κ3) is 8.85. The van der Waals surface area contributed by atoms with Crippen LogP contribution in [-0.4, -0.2) is 46.9 Å². The van der Waals surface area contributed by atoms with Crippen molar-refractivity contribution in [2.45, 2.75) is 38.8 Å². The Morgan fingerprint density at radius 2 is 1.68 bits per heavy atom. The first-order valence-corrected chi connectivity index (χ1v) is 11.1. The molecule has 0 bridgehead atoms. The van der Waals surface area contributed by atoms with Crippen molar-refractivity contribution in [3.05, 3.63) is 83.8 Å². The predicted octanol–water partition coefficient (Wildman–Crippen LogP) is 4.09. The molecular weight excluding hydrogens is 434 g/mol. The number of hydrogen-bond donors (Lipinski definition) is 2. The van der Waals surface area contributed by atoms with Crippen molar-refractivity contribution in [2.75, 3.05) is 18.4 Å². The maximum absolute atomic E-state index is 12.8. The minimum absolute atomic E-state index is 0.0118. The number of hydrogen-bond acceptors (Lipinski definition) is 5. The maximum atomic E-state index is 12.8. The quantitative estimate of drug-likeness (QED) is 0.201. The first-order chi connectivity index (χ1) is 16.4. The van der Waals surface area contributed by atoms with E-state index in [1.165, 1.54) is 17.9 Å². The monoisotopic (exact) mass is 465 g/mol. The Labute approximate surface area is 199 Å². The highest BCUT2D eigenvalue weighted by molar-refractivity contribution is 5.96. The summed E-state index contributed by atoms with van der Waals surface area (Å²) >= 11 is 0. The van der Waals surface area contributed by atoms with Gasteiger partial charge in [0, 0.05) is 25.7 Å². The van der Waals surface area contributed by atoms with Gasteiger partial charge >= 0.3 is 6.03 Å². The van der Waals surface area contributed by atoms with E-state index in [1.807, 2.05) is 48.5 Å². The van der Waals surface area contributed by atoms with Gasteiger partial charge in [0.05, 0.1) is 11.8 Å². The number of rotatable bonds is 13. The number of benzene rings is 2. The standard InChI is InChI=1S/C25H31N5O4/c1-3-17-30(28-34)25(33)29(19-21-12-6-4-7-13-21)18-11-10-16-23(26-20(2)31)24(32)27-22-14-8-5-9-15-22/h3-9,12-15,23H,1,10-11,16-19H2,2H3,(H,26,31)(H,27,32). The molecule has 2 aromatic carbocycles. The van der Waals surface area contributed by atoms with E-state index in [1.54, 1.807) is 12.1 Å². The second-order valence-corrected chi connectivity index (χ2v) is 7.75. The Kier molecular flexibility index (Phi) is 11.0. The van der Waals surface area contributed by atoms with Gasteiger partial charge in [-0.15, -0.1) is 11.5 Å². The molecule has 0 aliphatic heterocycles. The Balaban J connectivity index is 1.99. The van der Waals surface area contributed by atoms with Crippen LogP contribution in [0.5, 0.6) is 0 Å². The van der Waals surface area contributed by atoms with E-state index < -0.39 is 12.1 Å². The van der Waals surface area contributed by atoms with Crippen molar-refractivity contribution in [3.8, 4) is 0 Å². The summed E-state index contributed by atoms with van der Waals surface area (Å²) in [6.45, 7) is 5.60. The molecule has 180 valence electrons. The van der Waals surface area contributed by atoms with Gasteiger partial charge in [0.2, 0.25) is 11.8 Å². The lowest BCUT2D eigenvalue weighted by molar-refractivity contribution is -0.125. The normalized spacial score (nSPS) is 11.1. The van der Waals surface area contributed by atoms with E-state index in [0.717, 1.165) is 10.6 Å². The van der Waals surface area contributed by atoms with E-state index in [2.05, 4.69) is 22.5 Å². The number of urea groups is 1. The zero-order valence-electron chi connectivity index (χ0n) is 19.4. The van der Waals surface area contributed by atoms with Gasteiger partial charge in [-0.3, -0.25) is 9.59 Å². The molecule has 9 nitrogen and oxygen atoms in total. The average Bonchev–Trinajstić information content (AvgIpc) is 2.84. The van der Waals surface area contributed by atoms with Gasteiger partial charge in [-0.1, -0.05) is 54.6 Å². The van der Waals surface area contributed by atoms with Crippen molar-refractivity contribution in [2.24, 2.45) is 5.29 Å². The number of nitrogens with zero attached hydrogens (tertiary/aromatic N) is 3. The van der Waals surface area contributed by atoms with Gasteiger partial charge in [0.25, 0.3) is 0 Å². The maximum Gasteiger partial charge on any atom is 0.343 e. The van der Waals surface area contributed by atoms with Crippen LogP contribution in [0.2, 0.25) is 0 Å². The van der Waals surface area contributed by atoms with Crippen LogP contribution in [-0.2, 0) is 16.1 Å². The Bertz CT molecular complexity index is 952. The topological polar surface area (TPSA) is 111 Å². The van der Waals surface area contributed by atoms with Crippen LogP contribution in [0, 0.1) is 4.91 Å². The first kappa shape index (κ1) is 26.2. The van der Waals surface area contributed by atoms with Crippen molar-refractivity contribution in [1.29, 1.82) is 0 Å². The fraction of sp³-hybridized carbons (Fsp3) is 0.320. The zero-order valence-corrected chi connectivity index (χ0v) is 19.4. The summed E-state index contributed by atoms with van der Waals surface area (Å²) in [5.41, 5.74) is 1.56. The van der Waals surface area contributed by atoms with E-state index >= 15 is 0 Å². The van der Waals surface area contributed by atoms with Gasteiger partial charge in [-0.25, -0.2) is 4.79 Å². The summed E-state index contributed by atoms with van der Waals surface area (Å²) in [4.78, 5) is 49.8. The molecule has 0 heterocycles. The molecule has 0 aromatic heterocycles. The van der Waals surface area contributed by atoms with Crippen LogP contribution in [0.1, 0.15) is 31.7 Å². The predicted molar refractivity (Wildman–Crippen MR) is 131 cm³/mol. The second kappa shape index (κ2) is 14.2. The number of nitroso groups, excluding NO2 is 1. The number of carbonyl (C=O) groups excluding carboxylic acids is 3. The number of anilines is 1. The fourth-order valence-electron chi connectivity index (χ4n) is 3.39. The third-order valence-electron chi connectivity index (χ3n) is 5.01. The van der Waals surface area contributed by atoms with Crippen molar-refractivity contribution >= 4 is 23.5 Å². The van der Waals surface area contributed by atoms with E-state index in [-0.39, 0.29) is 18.4 Å². The summed E-state index contributed by atoms with van der Waals surface area (Å²) in [5.74, 6) is -0.604. The van der Waals surface area contributed by atoms with Gasteiger partial charge in [-0.2, -0.15) is 5.01 Å². The summed E-state index contributed by atoms with van der Waals surface area (Å²) in [7, 11) is 0. The van der Waals surface area contributed by atoms with E-state index in [4.69, 9.17) is 0 Å². The Morgan fingerprint density at radius 1 is 1.03 bits per heavy atom. The lowest BCUT2D eigenvalue weighted by atomic mass is 10.1. The van der Waals surface area contributed by atoms with E-state index in [9.17, 15) is 19.3 Å². The lowest BCUT2D eigenvalue weighted by Crippen LogP contribution is -2.43. The van der Waals surface area contributed by atoms with Crippen LogP contribution >= 0.6 is 0 Å². The van der Waals surface area contributed by atoms with Crippen molar-refractivity contribution < 1.29 is 14.4 Å². The molecule has 34 heavy (non-hydrogen) atoms. The highest BCUT2D eigenvalue weighted by Crippen LogP contribution is 2.13. The number of nitrogens with one attached hydrogen (secondary N) is 2. The molecule has 1 atom stereocenters. The molecule has 1 unspecified atom stereocenters. The molecule has 0 aliphatic carbocycles. The molecule has 0 aliphatic rings. The average molecular weight is 466 g/mol. The zero-order chi connectivity index (χ0) is 24.8. The fourth-order valence-corrected chi connectivity index (χ4v) is 3.39. The van der Waals surface area contributed by atoms with Gasteiger partial charge in [0.1, 0.15) is 6.04 Å². The lowest BCUT2D eigenvalue weighted by Gasteiger charge is -2.26. The summed E-state index contributed by atoms with van der Waals surface area (Å²) in [6.07, 6.45) is 2.97. The van der Waals surface area contributed by atoms with Crippen LogP contribution in [0.4, 0.5) is 10.5 Å². The van der Waals surface area contributed by atoms with Crippen molar-refractivity contribution in [3.63, 3.8) is 0 Å². The second-order valence-electron chi connectivity index (χ2n) is 7.75. The molecule has 0 saturated heterocycles. The molecule has 0 fully saturated rings. The number of amides is 4. The molecular formula is C25H31N5O4.